The number of carbonyl (C=O) groups is 1. The molecule has 0 saturated heterocycles. The van der Waals surface area contributed by atoms with Crippen molar-refractivity contribution in [1.82, 2.24) is 0 Å². The van der Waals surface area contributed by atoms with Gasteiger partial charge >= 0.3 is 0 Å². The Hall–Kier alpha value is -0.590. The summed E-state index contributed by atoms with van der Waals surface area (Å²) in [5, 5.41) is 0. The van der Waals surface area contributed by atoms with Gasteiger partial charge in [-0.1, -0.05) is 12.2 Å². The minimum Gasteiger partial charge on any atom is -0.300 e. The second-order valence-electron chi connectivity index (χ2n) is 3.15. The van der Waals surface area contributed by atoms with E-state index in [1.54, 1.807) is 6.92 Å². The quantitative estimate of drug-likeness (QED) is 0.535. The summed E-state index contributed by atoms with van der Waals surface area (Å²) >= 11 is 0. The van der Waals surface area contributed by atoms with Gasteiger partial charge in [0, 0.05) is 6.42 Å². The topological polar surface area (TPSA) is 17.1 Å². The standard InChI is InChI=1S/C9H14O/c1-7-4-3-5-9(7)6-8(2)10/h9H,1,3-6H2,2H3. The molecular weight excluding hydrogens is 124 g/mol. The van der Waals surface area contributed by atoms with E-state index in [2.05, 4.69) is 6.58 Å². The van der Waals surface area contributed by atoms with Crippen LogP contribution in [0.3, 0.4) is 0 Å². The van der Waals surface area contributed by atoms with Crippen molar-refractivity contribution in [3.8, 4) is 0 Å². The Morgan fingerprint density at radius 2 is 2.50 bits per heavy atom. The molecule has 56 valence electrons. The lowest BCUT2D eigenvalue weighted by Gasteiger charge is -2.06. The van der Waals surface area contributed by atoms with Gasteiger partial charge in [-0.25, -0.2) is 0 Å². The monoisotopic (exact) mass is 138 g/mol. The van der Waals surface area contributed by atoms with Crippen LogP contribution in [0, 0.1) is 5.92 Å². The third kappa shape index (κ3) is 1.69. The molecule has 1 heteroatoms. The van der Waals surface area contributed by atoms with Crippen molar-refractivity contribution < 1.29 is 4.79 Å². The number of allylic oxidation sites excluding steroid dienone is 1. The van der Waals surface area contributed by atoms with Crippen LogP contribution in [-0.4, -0.2) is 5.78 Å². The summed E-state index contributed by atoms with van der Waals surface area (Å²) in [7, 11) is 0. The van der Waals surface area contributed by atoms with Crippen molar-refractivity contribution in [2.45, 2.75) is 32.6 Å². The van der Waals surface area contributed by atoms with Crippen molar-refractivity contribution in [2.75, 3.05) is 0 Å². The Morgan fingerprint density at radius 3 is 2.90 bits per heavy atom. The average Bonchev–Trinajstić information content (AvgIpc) is 2.15. The van der Waals surface area contributed by atoms with E-state index in [0.29, 0.717) is 11.7 Å². The Morgan fingerprint density at radius 1 is 1.80 bits per heavy atom. The lowest BCUT2D eigenvalue weighted by atomic mass is 9.98. The number of hydrogen-bond acceptors (Lipinski definition) is 1. The summed E-state index contributed by atoms with van der Waals surface area (Å²) in [5.41, 5.74) is 1.29. The lowest BCUT2D eigenvalue weighted by molar-refractivity contribution is -0.117. The smallest absolute Gasteiger partial charge is 0.130 e. The summed E-state index contributed by atoms with van der Waals surface area (Å²) in [6.45, 7) is 5.59. The van der Waals surface area contributed by atoms with E-state index in [1.165, 1.54) is 18.4 Å². The SMILES string of the molecule is C=C1CCCC1CC(C)=O. The number of rotatable bonds is 2. The zero-order chi connectivity index (χ0) is 7.56. The molecule has 0 heterocycles. The van der Waals surface area contributed by atoms with Gasteiger partial charge in [-0.3, -0.25) is 0 Å². The first kappa shape index (κ1) is 7.52. The molecule has 0 bridgehead atoms. The minimum absolute atomic E-state index is 0.299. The Labute approximate surface area is 62.1 Å². The number of carbonyl (C=O) groups excluding carboxylic acids is 1. The predicted octanol–water partition coefficient (Wildman–Crippen LogP) is 2.32. The second kappa shape index (κ2) is 3.00. The van der Waals surface area contributed by atoms with Crippen molar-refractivity contribution in [3.63, 3.8) is 0 Å². The molecule has 0 amide bonds. The van der Waals surface area contributed by atoms with Gasteiger partial charge in [0.05, 0.1) is 0 Å². The van der Waals surface area contributed by atoms with Crippen molar-refractivity contribution in [2.24, 2.45) is 5.92 Å². The third-order valence-corrected chi connectivity index (χ3v) is 2.16. The van der Waals surface area contributed by atoms with Crippen LogP contribution in [0.25, 0.3) is 0 Å². The second-order valence-corrected chi connectivity index (χ2v) is 3.15. The fraction of sp³-hybridized carbons (Fsp3) is 0.667. The first-order chi connectivity index (χ1) is 4.70. The maximum Gasteiger partial charge on any atom is 0.130 e. The van der Waals surface area contributed by atoms with Crippen molar-refractivity contribution >= 4 is 5.78 Å². The van der Waals surface area contributed by atoms with Crippen LogP contribution in [0.5, 0.6) is 0 Å². The van der Waals surface area contributed by atoms with Crippen molar-refractivity contribution in [3.05, 3.63) is 12.2 Å². The van der Waals surface area contributed by atoms with Gasteiger partial charge < -0.3 is 4.79 Å². The highest BCUT2D eigenvalue weighted by Crippen LogP contribution is 2.31. The molecule has 10 heavy (non-hydrogen) atoms. The molecule has 1 atom stereocenters. The highest BCUT2D eigenvalue weighted by atomic mass is 16.1. The maximum absolute atomic E-state index is 10.7. The molecule has 0 radical (unpaired) electrons. The van der Waals surface area contributed by atoms with E-state index >= 15 is 0 Å². The molecule has 1 aliphatic rings. The predicted molar refractivity (Wildman–Crippen MR) is 41.8 cm³/mol. The number of hydrogen-bond donors (Lipinski definition) is 0. The largest absolute Gasteiger partial charge is 0.300 e. The van der Waals surface area contributed by atoms with Crippen LogP contribution in [0.15, 0.2) is 12.2 Å². The molecule has 1 rings (SSSR count). The van der Waals surface area contributed by atoms with Gasteiger partial charge in [0.15, 0.2) is 0 Å². The van der Waals surface area contributed by atoms with E-state index in [-0.39, 0.29) is 0 Å². The Balaban J connectivity index is 2.40. The van der Waals surface area contributed by atoms with Crippen LogP contribution < -0.4 is 0 Å². The van der Waals surface area contributed by atoms with Crippen molar-refractivity contribution in [1.29, 1.82) is 0 Å². The minimum atomic E-state index is 0.299. The molecule has 0 N–H and O–H groups in total. The summed E-state index contributed by atoms with van der Waals surface area (Å²) < 4.78 is 0. The fourth-order valence-corrected chi connectivity index (χ4v) is 1.58. The molecule has 1 nitrogen and oxygen atoms in total. The van der Waals surface area contributed by atoms with Gasteiger partial charge in [0.1, 0.15) is 5.78 Å². The van der Waals surface area contributed by atoms with Gasteiger partial charge in [-0.2, -0.15) is 0 Å². The Kier molecular flexibility index (Phi) is 2.25. The highest BCUT2D eigenvalue weighted by Gasteiger charge is 2.19. The van der Waals surface area contributed by atoms with Gasteiger partial charge in [0.2, 0.25) is 0 Å². The number of Topliss-reactive ketones (excluding diaryl/α,β-unsaturated/α-hetero) is 1. The zero-order valence-corrected chi connectivity index (χ0v) is 6.52. The molecule has 0 aliphatic heterocycles. The van der Waals surface area contributed by atoms with Crippen LogP contribution >= 0.6 is 0 Å². The molecule has 0 aromatic rings. The zero-order valence-electron chi connectivity index (χ0n) is 6.52. The molecule has 0 spiro atoms. The normalized spacial score (nSPS) is 25.3. The fourth-order valence-electron chi connectivity index (χ4n) is 1.58. The molecule has 1 saturated carbocycles. The van der Waals surface area contributed by atoms with Crippen LogP contribution in [-0.2, 0) is 4.79 Å². The van der Waals surface area contributed by atoms with Crippen LogP contribution in [0.1, 0.15) is 32.6 Å². The van der Waals surface area contributed by atoms with E-state index in [1.807, 2.05) is 0 Å². The van der Waals surface area contributed by atoms with Gasteiger partial charge in [-0.15, -0.1) is 0 Å². The van der Waals surface area contributed by atoms with E-state index in [9.17, 15) is 4.79 Å². The molecule has 1 fully saturated rings. The molecule has 1 aliphatic carbocycles. The third-order valence-electron chi connectivity index (χ3n) is 2.16. The molecule has 0 aromatic heterocycles. The average molecular weight is 138 g/mol. The van der Waals surface area contributed by atoms with E-state index < -0.39 is 0 Å². The number of ketones is 1. The first-order valence-corrected chi connectivity index (χ1v) is 3.87. The summed E-state index contributed by atoms with van der Waals surface area (Å²) in [4.78, 5) is 10.7. The summed E-state index contributed by atoms with van der Waals surface area (Å²) in [5.74, 6) is 0.811. The maximum atomic E-state index is 10.7. The van der Waals surface area contributed by atoms with Crippen LogP contribution in [0.2, 0.25) is 0 Å². The van der Waals surface area contributed by atoms with Gasteiger partial charge in [-0.05, 0) is 32.1 Å². The molecule has 0 aromatic carbocycles. The van der Waals surface area contributed by atoms with E-state index in [4.69, 9.17) is 0 Å². The first-order valence-electron chi connectivity index (χ1n) is 3.87. The van der Waals surface area contributed by atoms with E-state index in [0.717, 1.165) is 12.8 Å². The van der Waals surface area contributed by atoms with Crippen LogP contribution in [0.4, 0.5) is 0 Å². The van der Waals surface area contributed by atoms with Gasteiger partial charge in [0.25, 0.3) is 0 Å². The molecule has 1 unspecified atom stereocenters. The lowest BCUT2D eigenvalue weighted by Crippen LogP contribution is -2.02. The molecular formula is C9H14O. The Bertz CT molecular complexity index is 158. The highest BCUT2D eigenvalue weighted by molar-refractivity contribution is 5.76. The summed E-state index contributed by atoms with van der Waals surface area (Å²) in [6.07, 6.45) is 4.27. The summed E-state index contributed by atoms with van der Waals surface area (Å²) in [6, 6.07) is 0.